The average molecular weight is 153 g/mol. The van der Waals surface area contributed by atoms with E-state index >= 15 is 0 Å². The lowest BCUT2D eigenvalue weighted by atomic mass is 10.2. The Kier molecular flexibility index (Phi) is 2.98. The quantitative estimate of drug-likeness (QED) is 0.602. The summed E-state index contributed by atoms with van der Waals surface area (Å²) in [6.45, 7) is 8.32. The molecule has 0 atom stereocenters. The second kappa shape index (κ2) is 3.80. The van der Waals surface area contributed by atoms with E-state index in [0.717, 1.165) is 6.04 Å². The van der Waals surface area contributed by atoms with Crippen molar-refractivity contribution in [3.63, 3.8) is 0 Å². The minimum Gasteiger partial charge on any atom is -0.373 e. The predicted octanol–water partition coefficient (Wildman–Crippen LogP) is 2.78. The van der Waals surface area contributed by atoms with Crippen LogP contribution < -0.4 is 0 Å². The smallest absolute Gasteiger partial charge is 0.0287 e. The monoisotopic (exact) mass is 153 g/mol. The Morgan fingerprint density at radius 3 is 2.27 bits per heavy atom. The largest absolute Gasteiger partial charge is 0.373 e. The van der Waals surface area contributed by atoms with E-state index in [1.165, 1.54) is 25.7 Å². The van der Waals surface area contributed by atoms with Gasteiger partial charge in [-0.25, -0.2) is 0 Å². The van der Waals surface area contributed by atoms with Gasteiger partial charge >= 0.3 is 0 Å². The highest BCUT2D eigenvalue weighted by Gasteiger charge is 2.21. The van der Waals surface area contributed by atoms with Gasteiger partial charge in [-0.05, 0) is 32.9 Å². The van der Waals surface area contributed by atoms with Gasteiger partial charge in [0.15, 0.2) is 0 Å². The zero-order valence-corrected chi connectivity index (χ0v) is 7.71. The van der Waals surface area contributed by atoms with Crippen molar-refractivity contribution in [1.29, 1.82) is 0 Å². The molecule has 0 bridgehead atoms. The van der Waals surface area contributed by atoms with Gasteiger partial charge in [0.1, 0.15) is 0 Å². The maximum atomic E-state index is 3.85. The van der Waals surface area contributed by atoms with Crippen molar-refractivity contribution in [1.82, 2.24) is 4.90 Å². The molecule has 1 fully saturated rings. The van der Waals surface area contributed by atoms with Gasteiger partial charge in [0.05, 0.1) is 0 Å². The SMILES string of the molecule is C=CN(C(C)C)C1CCCC1. The molecule has 0 spiro atoms. The van der Waals surface area contributed by atoms with Crippen molar-refractivity contribution in [2.24, 2.45) is 0 Å². The third-order valence-electron chi connectivity index (χ3n) is 2.55. The van der Waals surface area contributed by atoms with Crippen LogP contribution in [0, 0.1) is 0 Å². The van der Waals surface area contributed by atoms with Gasteiger partial charge in [-0.2, -0.15) is 0 Å². The molecule has 0 saturated heterocycles. The van der Waals surface area contributed by atoms with Gasteiger partial charge < -0.3 is 4.90 Å². The summed E-state index contributed by atoms with van der Waals surface area (Å²) in [5, 5.41) is 0. The second-order valence-corrected chi connectivity index (χ2v) is 3.66. The van der Waals surface area contributed by atoms with Crippen LogP contribution in [-0.2, 0) is 0 Å². The molecule has 0 amide bonds. The van der Waals surface area contributed by atoms with E-state index in [1.54, 1.807) is 0 Å². The Hall–Kier alpha value is -0.460. The van der Waals surface area contributed by atoms with Crippen LogP contribution in [0.15, 0.2) is 12.8 Å². The number of rotatable bonds is 3. The Labute approximate surface area is 70.1 Å². The molecule has 1 aliphatic carbocycles. The van der Waals surface area contributed by atoms with Gasteiger partial charge in [0.25, 0.3) is 0 Å². The molecule has 64 valence electrons. The highest BCUT2D eigenvalue weighted by Crippen LogP contribution is 2.24. The molecule has 1 nitrogen and oxygen atoms in total. The highest BCUT2D eigenvalue weighted by atomic mass is 15.2. The summed E-state index contributed by atoms with van der Waals surface area (Å²) < 4.78 is 0. The van der Waals surface area contributed by atoms with Gasteiger partial charge in [-0.3, -0.25) is 0 Å². The van der Waals surface area contributed by atoms with E-state index in [9.17, 15) is 0 Å². The molecule has 0 radical (unpaired) electrons. The summed E-state index contributed by atoms with van der Waals surface area (Å²) in [6.07, 6.45) is 7.54. The average Bonchev–Trinajstić information content (AvgIpc) is 2.40. The first kappa shape index (κ1) is 8.63. The van der Waals surface area contributed by atoms with Crippen LogP contribution in [-0.4, -0.2) is 17.0 Å². The summed E-state index contributed by atoms with van der Waals surface area (Å²) in [6, 6.07) is 1.41. The third kappa shape index (κ3) is 1.98. The van der Waals surface area contributed by atoms with Crippen LogP contribution in [0.2, 0.25) is 0 Å². The summed E-state index contributed by atoms with van der Waals surface area (Å²) in [4.78, 5) is 2.40. The maximum absolute atomic E-state index is 3.85. The minimum absolute atomic E-state index is 0.621. The fourth-order valence-corrected chi connectivity index (χ4v) is 1.98. The molecule has 0 aliphatic heterocycles. The van der Waals surface area contributed by atoms with Crippen LogP contribution in [0.1, 0.15) is 39.5 Å². The first-order chi connectivity index (χ1) is 5.25. The van der Waals surface area contributed by atoms with Gasteiger partial charge in [0, 0.05) is 12.1 Å². The van der Waals surface area contributed by atoms with Crippen molar-refractivity contribution in [2.45, 2.75) is 51.6 Å². The molecule has 1 rings (SSSR count). The first-order valence-corrected chi connectivity index (χ1v) is 4.65. The zero-order valence-electron chi connectivity index (χ0n) is 7.71. The lowest BCUT2D eigenvalue weighted by Gasteiger charge is -2.30. The van der Waals surface area contributed by atoms with E-state index in [0.29, 0.717) is 6.04 Å². The Bertz CT molecular complexity index is 123. The summed E-state index contributed by atoms with van der Waals surface area (Å²) >= 11 is 0. The standard InChI is InChI=1S/C10H19N/c1-4-11(9(2)3)10-7-5-6-8-10/h4,9-10H,1,5-8H2,2-3H3. The predicted molar refractivity (Wildman–Crippen MR) is 49.4 cm³/mol. The van der Waals surface area contributed by atoms with Gasteiger partial charge in [-0.1, -0.05) is 19.4 Å². The van der Waals surface area contributed by atoms with E-state index in [2.05, 4.69) is 25.3 Å². The second-order valence-electron chi connectivity index (χ2n) is 3.66. The molecule has 0 aromatic carbocycles. The van der Waals surface area contributed by atoms with Crippen molar-refractivity contribution >= 4 is 0 Å². The zero-order chi connectivity index (χ0) is 8.27. The number of hydrogen-bond acceptors (Lipinski definition) is 1. The van der Waals surface area contributed by atoms with E-state index in [4.69, 9.17) is 0 Å². The molecular formula is C10H19N. The molecule has 0 aromatic heterocycles. The Morgan fingerprint density at radius 1 is 1.36 bits per heavy atom. The maximum Gasteiger partial charge on any atom is 0.0287 e. The molecule has 0 unspecified atom stereocenters. The van der Waals surface area contributed by atoms with Crippen LogP contribution >= 0.6 is 0 Å². The summed E-state index contributed by atoms with van der Waals surface area (Å²) in [5.41, 5.74) is 0. The van der Waals surface area contributed by atoms with E-state index < -0.39 is 0 Å². The van der Waals surface area contributed by atoms with Crippen LogP contribution in [0.25, 0.3) is 0 Å². The molecule has 1 aliphatic rings. The van der Waals surface area contributed by atoms with Gasteiger partial charge in [-0.15, -0.1) is 0 Å². The van der Waals surface area contributed by atoms with Crippen molar-refractivity contribution in [3.8, 4) is 0 Å². The summed E-state index contributed by atoms with van der Waals surface area (Å²) in [5.74, 6) is 0. The van der Waals surface area contributed by atoms with Crippen LogP contribution in [0.4, 0.5) is 0 Å². The third-order valence-corrected chi connectivity index (χ3v) is 2.55. The lowest BCUT2D eigenvalue weighted by Crippen LogP contribution is -2.33. The van der Waals surface area contributed by atoms with Gasteiger partial charge in [0.2, 0.25) is 0 Å². The number of nitrogens with zero attached hydrogens (tertiary/aromatic N) is 1. The fraction of sp³-hybridized carbons (Fsp3) is 0.800. The molecule has 1 saturated carbocycles. The van der Waals surface area contributed by atoms with E-state index in [-0.39, 0.29) is 0 Å². The lowest BCUT2D eigenvalue weighted by molar-refractivity contribution is 0.231. The van der Waals surface area contributed by atoms with Crippen molar-refractivity contribution < 1.29 is 0 Å². The van der Waals surface area contributed by atoms with Crippen molar-refractivity contribution in [2.75, 3.05) is 0 Å². The number of hydrogen-bond donors (Lipinski definition) is 0. The van der Waals surface area contributed by atoms with Crippen molar-refractivity contribution in [3.05, 3.63) is 12.8 Å². The Balaban J connectivity index is 2.46. The molecule has 11 heavy (non-hydrogen) atoms. The van der Waals surface area contributed by atoms with Crippen LogP contribution in [0.3, 0.4) is 0 Å². The Morgan fingerprint density at radius 2 is 1.91 bits per heavy atom. The first-order valence-electron chi connectivity index (χ1n) is 4.65. The summed E-state index contributed by atoms with van der Waals surface area (Å²) in [7, 11) is 0. The normalized spacial score (nSPS) is 19.2. The highest BCUT2D eigenvalue weighted by molar-refractivity contribution is 4.85. The topological polar surface area (TPSA) is 3.24 Å². The molecule has 0 heterocycles. The fourth-order valence-electron chi connectivity index (χ4n) is 1.98. The minimum atomic E-state index is 0.621. The molecular weight excluding hydrogens is 134 g/mol. The molecule has 1 heteroatoms. The molecule has 0 N–H and O–H groups in total. The van der Waals surface area contributed by atoms with Crippen LogP contribution in [0.5, 0.6) is 0 Å². The van der Waals surface area contributed by atoms with E-state index in [1.807, 2.05) is 6.20 Å². The molecule has 0 aromatic rings.